The number of nitrogens with one attached hydrogen (secondary N) is 2. The van der Waals surface area contributed by atoms with Crippen LogP contribution in [0.3, 0.4) is 0 Å². The largest absolute Gasteiger partial charge is 0.370 e. The molecule has 6 aliphatic rings. The fourth-order valence-corrected chi connectivity index (χ4v) is 9.26. The third kappa shape index (κ3) is 2.94. The molecule has 1 spiro atoms. The molecule has 3 nitrogen and oxygen atoms in total. The van der Waals surface area contributed by atoms with Crippen LogP contribution in [0.25, 0.3) is 0 Å². The van der Waals surface area contributed by atoms with Crippen LogP contribution in [-0.2, 0) is 4.74 Å². The van der Waals surface area contributed by atoms with Gasteiger partial charge in [-0.1, -0.05) is 25.0 Å². The lowest BCUT2D eigenvalue weighted by Gasteiger charge is -2.52. The molecule has 2 N–H and O–H groups in total. The highest BCUT2D eigenvalue weighted by Gasteiger charge is 2.57. The van der Waals surface area contributed by atoms with Gasteiger partial charge in [0.15, 0.2) is 0 Å². The summed E-state index contributed by atoms with van der Waals surface area (Å²) in [7, 11) is 0. The molecule has 3 saturated carbocycles. The van der Waals surface area contributed by atoms with Crippen molar-refractivity contribution in [3.63, 3.8) is 0 Å². The lowest BCUT2D eigenvalue weighted by molar-refractivity contribution is -0.0629. The molecule has 0 unspecified atom stereocenters. The number of fused-ring (bicyclic) bond motifs is 6. The van der Waals surface area contributed by atoms with Crippen molar-refractivity contribution in [2.75, 3.05) is 6.54 Å². The van der Waals surface area contributed by atoms with Crippen molar-refractivity contribution >= 4 is 5.71 Å². The molecule has 166 valence electrons. The summed E-state index contributed by atoms with van der Waals surface area (Å²) in [4.78, 5) is 0. The van der Waals surface area contributed by atoms with Gasteiger partial charge in [0.1, 0.15) is 0 Å². The average molecular weight is 411 g/mol. The summed E-state index contributed by atoms with van der Waals surface area (Å²) in [5, 5.41) is 12.1. The van der Waals surface area contributed by atoms with Gasteiger partial charge >= 0.3 is 0 Å². The topological polar surface area (TPSA) is 45.1 Å². The third-order valence-electron chi connectivity index (χ3n) is 10.9. The summed E-state index contributed by atoms with van der Waals surface area (Å²) in [6.45, 7) is 8.61. The Bertz CT molecular complexity index is 773. The Labute approximate surface area is 183 Å². The molecule has 0 aromatic carbocycles. The third-order valence-corrected chi connectivity index (χ3v) is 10.9. The summed E-state index contributed by atoms with van der Waals surface area (Å²) in [5.41, 5.74) is 5.18. The van der Waals surface area contributed by atoms with Gasteiger partial charge in [0.05, 0.1) is 11.7 Å². The molecule has 6 rings (SSSR count). The molecule has 4 aliphatic carbocycles. The Morgan fingerprint density at radius 3 is 2.87 bits per heavy atom. The summed E-state index contributed by atoms with van der Waals surface area (Å²) >= 11 is 0. The standard InChI is InChI=1S/C27H42N2O/c1-16-10-25-24(29-15-16)14-27(30-25)9-7-20-21-5-4-18-11-19(28)6-8-26(18,3)23(21)12-22(20)17(2)13-27/h16,18,20-21,23-25,28-29H,4-15H2,1-3H3/t16-,18+,20-,21-,23-,24-,25+,26-,27-/m0/s1. The van der Waals surface area contributed by atoms with Crippen molar-refractivity contribution in [3.8, 4) is 0 Å². The molecule has 0 aromatic rings. The van der Waals surface area contributed by atoms with E-state index in [2.05, 4.69) is 26.1 Å². The lowest BCUT2D eigenvalue weighted by atomic mass is 9.52. The molecular formula is C27H42N2O. The molecule has 0 amide bonds. The quantitative estimate of drug-likeness (QED) is 0.489. The first kappa shape index (κ1) is 20.0. The first-order valence-corrected chi connectivity index (χ1v) is 13.0. The maximum absolute atomic E-state index is 8.25. The second-order valence-electron chi connectivity index (χ2n) is 12.6. The SMILES string of the molecule is CC1=C2C[C@H]3[C@@H](CC[C@@H]4CC(=N)CC[C@@]43C)[C@@H]2CC[C@]2(C1)C[C@@H]1NC[C@@H](C)C[C@H]1O2. The van der Waals surface area contributed by atoms with Gasteiger partial charge in [0.2, 0.25) is 0 Å². The minimum Gasteiger partial charge on any atom is -0.370 e. The number of ether oxygens (including phenoxy) is 1. The first-order chi connectivity index (χ1) is 14.4. The van der Waals surface area contributed by atoms with E-state index in [4.69, 9.17) is 10.1 Å². The van der Waals surface area contributed by atoms with Crippen molar-refractivity contribution in [3.05, 3.63) is 11.1 Å². The molecule has 2 saturated heterocycles. The van der Waals surface area contributed by atoms with E-state index >= 15 is 0 Å². The molecule has 2 heterocycles. The second-order valence-corrected chi connectivity index (χ2v) is 12.6. The molecular weight excluding hydrogens is 368 g/mol. The van der Waals surface area contributed by atoms with Crippen molar-refractivity contribution in [1.82, 2.24) is 5.32 Å². The molecule has 2 aliphatic heterocycles. The van der Waals surface area contributed by atoms with Gasteiger partial charge in [-0.25, -0.2) is 0 Å². The van der Waals surface area contributed by atoms with Crippen LogP contribution in [0.15, 0.2) is 11.1 Å². The van der Waals surface area contributed by atoms with Gasteiger partial charge in [-0.05, 0) is 119 Å². The van der Waals surface area contributed by atoms with Gasteiger partial charge < -0.3 is 15.5 Å². The maximum atomic E-state index is 8.25. The Morgan fingerprint density at radius 2 is 2.00 bits per heavy atom. The average Bonchev–Trinajstić information content (AvgIpc) is 3.22. The number of hydrogen-bond acceptors (Lipinski definition) is 3. The van der Waals surface area contributed by atoms with Crippen LogP contribution in [0.1, 0.15) is 91.4 Å². The van der Waals surface area contributed by atoms with Crippen LogP contribution in [0.4, 0.5) is 0 Å². The highest BCUT2D eigenvalue weighted by molar-refractivity contribution is 5.82. The number of allylic oxidation sites excluding steroid dienone is 1. The predicted molar refractivity (Wildman–Crippen MR) is 122 cm³/mol. The minimum atomic E-state index is 0.115. The predicted octanol–water partition coefficient (Wildman–Crippen LogP) is 5.88. The first-order valence-electron chi connectivity index (χ1n) is 13.0. The zero-order chi connectivity index (χ0) is 20.7. The van der Waals surface area contributed by atoms with Crippen LogP contribution in [0.2, 0.25) is 0 Å². The molecule has 0 bridgehead atoms. The van der Waals surface area contributed by atoms with E-state index in [-0.39, 0.29) is 5.60 Å². The van der Waals surface area contributed by atoms with Gasteiger partial charge in [0.25, 0.3) is 0 Å². The molecule has 5 fully saturated rings. The molecule has 0 aromatic heterocycles. The van der Waals surface area contributed by atoms with E-state index in [1.54, 1.807) is 5.57 Å². The molecule has 0 radical (unpaired) electrons. The van der Waals surface area contributed by atoms with Gasteiger partial charge in [0, 0.05) is 11.8 Å². The van der Waals surface area contributed by atoms with Gasteiger partial charge in [-0.15, -0.1) is 0 Å². The second kappa shape index (κ2) is 6.91. The number of piperidine rings is 1. The van der Waals surface area contributed by atoms with Crippen LogP contribution in [0, 0.1) is 40.4 Å². The highest BCUT2D eigenvalue weighted by atomic mass is 16.5. The fraction of sp³-hybridized carbons (Fsp3) is 0.889. The fourth-order valence-electron chi connectivity index (χ4n) is 9.26. The summed E-state index contributed by atoms with van der Waals surface area (Å²) in [5.74, 6) is 4.14. The molecule has 3 heteroatoms. The monoisotopic (exact) mass is 410 g/mol. The van der Waals surface area contributed by atoms with E-state index in [0.29, 0.717) is 17.6 Å². The van der Waals surface area contributed by atoms with Crippen molar-refractivity contribution in [2.24, 2.45) is 35.0 Å². The summed E-state index contributed by atoms with van der Waals surface area (Å²) in [6.07, 6.45) is 14.3. The number of rotatable bonds is 0. The Morgan fingerprint density at radius 1 is 1.13 bits per heavy atom. The van der Waals surface area contributed by atoms with E-state index in [0.717, 1.165) is 48.1 Å². The minimum absolute atomic E-state index is 0.115. The van der Waals surface area contributed by atoms with E-state index < -0.39 is 0 Å². The van der Waals surface area contributed by atoms with Crippen molar-refractivity contribution in [1.29, 1.82) is 5.41 Å². The molecule has 9 atom stereocenters. The smallest absolute Gasteiger partial charge is 0.0740 e. The van der Waals surface area contributed by atoms with Crippen LogP contribution in [0.5, 0.6) is 0 Å². The Balaban J connectivity index is 1.26. The van der Waals surface area contributed by atoms with Gasteiger partial charge in [-0.3, -0.25) is 0 Å². The van der Waals surface area contributed by atoms with E-state index in [1.165, 1.54) is 64.3 Å². The van der Waals surface area contributed by atoms with E-state index in [9.17, 15) is 0 Å². The van der Waals surface area contributed by atoms with E-state index in [1.807, 2.05) is 5.57 Å². The zero-order valence-corrected chi connectivity index (χ0v) is 19.4. The van der Waals surface area contributed by atoms with Gasteiger partial charge in [-0.2, -0.15) is 0 Å². The van der Waals surface area contributed by atoms with Crippen molar-refractivity contribution in [2.45, 2.75) is 109 Å². The normalized spacial score (nSPS) is 53.2. The number of hydrogen-bond donors (Lipinski definition) is 2. The van der Waals surface area contributed by atoms with Crippen LogP contribution in [-0.4, -0.2) is 30.0 Å². The van der Waals surface area contributed by atoms with Crippen LogP contribution < -0.4 is 5.32 Å². The van der Waals surface area contributed by atoms with Crippen molar-refractivity contribution < 1.29 is 4.74 Å². The Kier molecular flexibility index (Phi) is 4.60. The summed E-state index contributed by atoms with van der Waals surface area (Å²) < 4.78 is 6.91. The zero-order valence-electron chi connectivity index (χ0n) is 19.4. The summed E-state index contributed by atoms with van der Waals surface area (Å²) in [6, 6.07) is 0.594. The van der Waals surface area contributed by atoms with Crippen LogP contribution >= 0.6 is 0 Å². The Hall–Kier alpha value is -0.670. The molecule has 30 heavy (non-hydrogen) atoms. The lowest BCUT2D eigenvalue weighted by Crippen LogP contribution is -2.46. The highest BCUT2D eigenvalue weighted by Crippen LogP contribution is 2.64. The maximum Gasteiger partial charge on any atom is 0.0740 e.